The molecule has 0 aliphatic carbocycles. The van der Waals surface area contributed by atoms with E-state index in [0.717, 1.165) is 10.8 Å². The van der Waals surface area contributed by atoms with Gasteiger partial charge in [-0.3, -0.25) is 4.79 Å². The minimum absolute atomic E-state index is 0.278. The highest BCUT2D eigenvalue weighted by Gasteiger charge is 2.27. The van der Waals surface area contributed by atoms with Crippen molar-refractivity contribution in [1.29, 1.82) is 0 Å². The summed E-state index contributed by atoms with van der Waals surface area (Å²) in [5, 5.41) is 1.76. The van der Waals surface area contributed by atoms with Crippen LogP contribution in [0.5, 0.6) is 0 Å². The molecule has 1 atom stereocenters. The van der Waals surface area contributed by atoms with Crippen LogP contribution in [0.2, 0.25) is 0 Å². The number of carbonyl (C=O) groups is 2. The average Bonchev–Trinajstić information content (AvgIpc) is 2.65. The maximum absolute atomic E-state index is 12.8. The Morgan fingerprint density at radius 1 is 0.840 bits per heavy atom. The second-order valence-electron chi connectivity index (χ2n) is 5.96. The number of esters is 1. The molecule has 3 aromatic rings. The molecule has 0 heterocycles. The summed E-state index contributed by atoms with van der Waals surface area (Å²) >= 11 is 0. The second-order valence-corrected chi connectivity index (χ2v) is 5.96. The van der Waals surface area contributed by atoms with Crippen LogP contribution < -0.4 is 0 Å². The van der Waals surface area contributed by atoms with Gasteiger partial charge in [-0.25, -0.2) is 4.79 Å². The van der Waals surface area contributed by atoms with E-state index in [4.69, 9.17) is 4.74 Å². The van der Waals surface area contributed by atoms with E-state index in [1.807, 2.05) is 54.6 Å². The van der Waals surface area contributed by atoms with Gasteiger partial charge in [0.15, 0.2) is 0 Å². The van der Waals surface area contributed by atoms with Crippen LogP contribution in [0.25, 0.3) is 10.8 Å². The third-order valence-electron chi connectivity index (χ3n) is 4.00. The van der Waals surface area contributed by atoms with Gasteiger partial charge in [0.1, 0.15) is 0 Å². The Kier molecular flexibility index (Phi) is 4.80. The normalized spacial score (nSPS) is 11.8. The molecule has 126 valence electrons. The molecule has 0 bridgehead atoms. The Balaban J connectivity index is 1.96. The van der Waals surface area contributed by atoms with Crippen LogP contribution in [-0.4, -0.2) is 30.9 Å². The van der Waals surface area contributed by atoms with Crippen molar-refractivity contribution >= 4 is 22.6 Å². The lowest BCUT2D eigenvalue weighted by Gasteiger charge is -2.21. The monoisotopic (exact) mass is 333 g/mol. The van der Waals surface area contributed by atoms with Gasteiger partial charge >= 0.3 is 5.97 Å². The highest BCUT2D eigenvalue weighted by molar-refractivity contribution is 6.05. The van der Waals surface area contributed by atoms with Crippen molar-refractivity contribution in [3.63, 3.8) is 0 Å². The summed E-state index contributed by atoms with van der Waals surface area (Å²) < 4.78 is 5.62. The van der Waals surface area contributed by atoms with Gasteiger partial charge in [-0.15, -0.1) is 0 Å². The zero-order valence-corrected chi connectivity index (χ0v) is 14.2. The standard InChI is InChI=1S/C21H19NO3/c1-22(2)20(23)19(16-10-4-3-5-11-16)25-21(24)18-14-8-12-15-9-6-7-13-17(15)18/h3-14,19H,1-2H3. The van der Waals surface area contributed by atoms with E-state index in [-0.39, 0.29) is 5.91 Å². The van der Waals surface area contributed by atoms with E-state index in [9.17, 15) is 9.59 Å². The molecule has 0 saturated heterocycles. The van der Waals surface area contributed by atoms with Gasteiger partial charge in [0, 0.05) is 19.7 Å². The second kappa shape index (κ2) is 7.18. The molecular weight excluding hydrogens is 314 g/mol. The van der Waals surface area contributed by atoms with Crippen molar-refractivity contribution in [1.82, 2.24) is 4.90 Å². The number of hydrogen-bond donors (Lipinski definition) is 0. The first-order chi connectivity index (χ1) is 12.1. The molecule has 0 N–H and O–H groups in total. The molecule has 0 fully saturated rings. The van der Waals surface area contributed by atoms with Crippen LogP contribution in [0.4, 0.5) is 0 Å². The molecule has 4 heteroatoms. The van der Waals surface area contributed by atoms with Crippen molar-refractivity contribution in [3.05, 3.63) is 83.9 Å². The van der Waals surface area contributed by atoms with Crippen LogP contribution in [0, 0.1) is 0 Å². The summed E-state index contributed by atoms with van der Waals surface area (Å²) in [4.78, 5) is 26.7. The van der Waals surface area contributed by atoms with E-state index >= 15 is 0 Å². The van der Waals surface area contributed by atoms with Crippen molar-refractivity contribution in [3.8, 4) is 0 Å². The number of rotatable bonds is 4. The quantitative estimate of drug-likeness (QED) is 0.682. The maximum Gasteiger partial charge on any atom is 0.339 e. The molecule has 1 unspecified atom stereocenters. The van der Waals surface area contributed by atoms with Gasteiger partial charge in [-0.2, -0.15) is 0 Å². The average molecular weight is 333 g/mol. The predicted octanol–water partition coefficient (Wildman–Crippen LogP) is 3.83. The number of likely N-dealkylation sites (N-methyl/N-ethyl adjacent to an activating group) is 1. The maximum atomic E-state index is 12.8. The van der Waals surface area contributed by atoms with Gasteiger partial charge in [-0.1, -0.05) is 66.7 Å². The molecule has 1 amide bonds. The summed E-state index contributed by atoms with van der Waals surface area (Å²) in [6, 6.07) is 22.1. The Morgan fingerprint density at radius 3 is 2.20 bits per heavy atom. The lowest BCUT2D eigenvalue weighted by Crippen LogP contribution is -2.31. The van der Waals surface area contributed by atoms with Crippen molar-refractivity contribution in [2.24, 2.45) is 0 Å². The van der Waals surface area contributed by atoms with Crippen molar-refractivity contribution < 1.29 is 14.3 Å². The molecule has 0 aliphatic heterocycles. The first kappa shape index (κ1) is 16.7. The molecule has 0 saturated carbocycles. The van der Waals surface area contributed by atoms with Gasteiger partial charge < -0.3 is 9.64 Å². The fourth-order valence-electron chi connectivity index (χ4n) is 2.70. The van der Waals surface area contributed by atoms with Crippen LogP contribution in [-0.2, 0) is 9.53 Å². The Morgan fingerprint density at radius 2 is 1.48 bits per heavy atom. The van der Waals surface area contributed by atoms with Crippen LogP contribution in [0.3, 0.4) is 0 Å². The largest absolute Gasteiger partial charge is 0.444 e. The number of amides is 1. The zero-order valence-electron chi connectivity index (χ0n) is 14.2. The molecule has 0 radical (unpaired) electrons. The first-order valence-corrected chi connectivity index (χ1v) is 8.03. The fourth-order valence-corrected chi connectivity index (χ4v) is 2.70. The Bertz CT molecular complexity index is 898. The molecule has 25 heavy (non-hydrogen) atoms. The summed E-state index contributed by atoms with van der Waals surface area (Å²) in [6.45, 7) is 0. The van der Waals surface area contributed by atoms with E-state index < -0.39 is 12.1 Å². The molecule has 0 aliphatic rings. The summed E-state index contributed by atoms with van der Waals surface area (Å²) in [5.41, 5.74) is 1.10. The lowest BCUT2D eigenvalue weighted by molar-refractivity contribution is -0.138. The summed E-state index contributed by atoms with van der Waals surface area (Å²) in [5.74, 6) is -0.791. The fraction of sp³-hybridized carbons (Fsp3) is 0.143. The SMILES string of the molecule is CN(C)C(=O)C(OC(=O)c1cccc2ccccc12)c1ccccc1. The van der Waals surface area contributed by atoms with E-state index in [1.54, 1.807) is 32.3 Å². The summed E-state index contributed by atoms with van der Waals surface area (Å²) in [6.07, 6.45) is -0.970. The van der Waals surface area contributed by atoms with Crippen molar-refractivity contribution in [2.45, 2.75) is 6.10 Å². The smallest absolute Gasteiger partial charge is 0.339 e. The van der Waals surface area contributed by atoms with Gasteiger partial charge in [0.2, 0.25) is 6.10 Å². The van der Waals surface area contributed by atoms with Gasteiger partial charge in [-0.05, 0) is 16.8 Å². The van der Waals surface area contributed by atoms with E-state index in [2.05, 4.69) is 0 Å². The minimum atomic E-state index is -0.970. The Hall–Kier alpha value is -3.14. The number of nitrogens with zero attached hydrogens (tertiary/aromatic N) is 1. The molecule has 0 aromatic heterocycles. The van der Waals surface area contributed by atoms with E-state index in [0.29, 0.717) is 11.1 Å². The molecular formula is C21H19NO3. The van der Waals surface area contributed by atoms with Crippen LogP contribution >= 0.6 is 0 Å². The number of ether oxygens (including phenoxy) is 1. The first-order valence-electron chi connectivity index (χ1n) is 8.03. The van der Waals surface area contributed by atoms with Gasteiger partial charge in [0.25, 0.3) is 5.91 Å². The lowest BCUT2D eigenvalue weighted by atomic mass is 10.0. The van der Waals surface area contributed by atoms with Gasteiger partial charge in [0.05, 0.1) is 5.56 Å². The van der Waals surface area contributed by atoms with Crippen LogP contribution in [0.1, 0.15) is 22.0 Å². The molecule has 4 nitrogen and oxygen atoms in total. The summed E-state index contributed by atoms with van der Waals surface area (Å²) in [7, 11) is 3.29. The molecule has 0 spiro atoms. The van der Waals surface area contributed by atoms with Crippen LogP contribution in [0.15, 0.2) is 72.8 Å². The topological polar surface area (TPSA) is 46.6 Å². The number of benzene rings is 3. The number of fused-ring (bicyclic) bond motifs is 1. The minimum Gasteiger partial charge on any atom is -0.444 e. The highest BCUT2D eigenvalue weighted by Crippen LogP contribution is 2.24. The van der Waals surface area contributed by atoms with E-state index in [1.165, 1.54) is 4.90 Å². The third kappa shape index (κ3) is 3.53. The zero-order chi connectivity index (χ0) is 17.8. The highest BCUT2D eigenvalue weighted by atomic mass is 16.5. The van der Waals surface area contributed by atoms with Crippen molar-refractivity contribution in [2.75, 3.05) is 14.1 Å². The predicted molar refractivity (Wildman–Crippen MR) is 97.2 cm³/mol. The number of hydrogen-bond acceptors (Lipinski definition) is 3. The molecule has 3 aromatic carbocycles. The third-order valence-corrected chi connectivity index (χ3v) is 4.00. The Labute approximate surface area is 146 Å². The molecule has 3 rings (SSSR count). The number of carbonyl (C=O) groups excluding carboxylic acids is 2.